The van der Waals surface area contributed by atoms with Gasteiger partial charge >= 0.3 is 0 Å². The van der Waals surface area contributed by atoms with Gasteiger partial charge in [-0.1, -0.05) is 59.1 Å². The topological polar surface area (TPSA) is 61.4 Å². The fraction of sp³-hybridized carbons (Fsp3) is 0. The van der Waals surface area contributed by atoms with E-state index in [1.165, 1.54) is 12.1 Å². The number of phenolic OH excluding ortho intramolecular Hbond substituents is 1. The number of hydrogen-bond donors (Lipinski definition) is 3. The van der Waals surface area contributed by atoms with Gasteiger partial charge in [0.05, 0.1) is 10.0 Å². The van der Waals surface area contributed by atoms with Crippen molar-refractivity contribution >= 4 is 74.5 Å². The quantitative estimate of drug-likeness (QED) is 0.368. The molecule has 0 aliphatic heterocycles. The predicted molar refractivity (Wildman–Crippen MR) is 111 cm³/mol. The number of benzene rings is 3. The summed E-state index contributed by atoms with van der Waals surface area (Å²) in [4.78, 5) is 12.6. The van der Waals surface area contributed by atoms with Crippen LogP contribution in [0.15, 0.2) is 48.5 Å². The first-order valence-corrected chi connectivity index (χ1v) is 8.88. The molecule has 0 unspecified atom stereocenters. The second-order valence-electron chi connectivity index (χ2n) is 5.34. The van der Waals surface area contributed by atoms with Gasteiger partial charge in [0, 0.05) is 21.7 Å². The molecule has 0 bridgehead atoms. The monoisotopic (exact) mass is 424 g/mol. The summed E-state index contributed by atoms with van der Waals surface area (Å²) < 4.78 is 0. The number of halogens is 3. The second-order valence-corrected chi connectivity index (χ2v) is 6.97. The summed E-state index contributed by atoms with van der Waals surface area (Å²) >= 11 is 23.1. The number of phenols is 1. The summed E-state index contributed by atoms with van der Waals surface area (Å²) in [6.45, 7) is 0. The number of rotatable bonds is 2. The van der Waals surface area contributed by atoms with Crippen molar-refractivity contribution in [1.29, 1.82) is 0 Å². The first-order valence-electron chi connectivity index (χ1n) is 7.34. The van der Waals surface area contributed by atoms with Gasteiger partial charge in [0.15, 0.2) is 10.9 Å². The highest BCUT2D eigenvalue weighted by Crippen LogP contribution is 2.34. The van der Waals surface area contributed by atoms with Crippen LogP contribution in [0.1, 0.15) is 10.4 Å². The van der Waals surface area contributed by atoms with E-state index >= 15 is 0 Å². The molecule has 132 valence electrons. The maximum Gasteiger partial charge on any atom is 0.258 e. The SMILES string of the molecule is O=C(NC(=S)Nc1cc(Cl)c(O)c(Cl)c1)c1cccc2c(Cl)cccc12. The normalized spacial score (nSPS) is 10.6. The van der Waals surface area contributed by atoms with Crippen molar-refractivity contribution in [3.8, 4) is 5.75 Å². The standard InChI is InChI=1S/C18H11Cl3N2O2S/c19-13-6-2-3-10-11(13)4-1-5-12(10)17(25)23-18(26)22-9-7-14(20)16(24)15(21)8-9/h1-8,24H,(H2,22,23,25,26). The predicted octanol–water partition coefficient (Wildman–Crippen LogP) is 5.63. The molecule has 1 amide bonds. The van der Waals surface area contributed by atoms with Gasteiger partial charge < -0.3 is 10.4 Å². The van der Waals surface area contributed by atoms with Gasteiger partial charge in [-0.2, -0.15) is 0 Å². The molecule has 0 saturated heterocycles. The average molecular weight is 426 g/mol. The maximum absolute atomic E-state index is 12.6. The zero-order valence-corrected chi connectivity index (χ0v) is 16.1. The number of carbonyl (C=O) groups is 1. The van der Waals surface area contributed by atoms with Crippen LogP contribution in [0.4, 0.5) is 5.69 Å². The van der Waals surface area contributed by atoms with Crippen LogP contribution >= 0.6 is 47.0 Å². The zero-order chi connectivity index (χ0) is 18.8. The Balaban J connectivity index is 1.80. The molecule has 0 aliphatic rings. The molecule has 3 N–H and O–H groups in total. The number of hydrogen-bond acceptors (Lipinski definition) is 3. The molecule has 0 heterocycles. The van der Waals surface area contributed by atoms with Crippen molar-refractivity contribution < 1.29 is 9.90 Å². The van der Waals surface area contributed by atoms with Gasteiger partial charge in [-0.05, 0) is 41.9 Å². The maximum atomic E-state index is 12.6. The van der Waals surface area contributed by atoms with Crippen LogP contribution in [0.3, 0.4) is 0 Å². The van der Waals surface area contributed by atoms with Crippen LogP contribution in [0.5, 0.6) is 5.75 Å². The molecule has 0 saturated carbocycles. The number of anilines is 1. The Bertz CT molecular complexity index is 1020. The second kappa shape index (κ2) is 7.68. The molecule has 0 spiro atoms. The van der Waals surface area contributed by atoms with E-state index in [2.05, 4.69) is 10.6 Å². The Kier molecular flexibility index (Phi) is 5.53. The number of fused-ring (bicyclic) bond motifs is 1. The highest BCUT2D eigenvalue weighted by molar-refractivity contribution is 7.80. The van der Waals surface area contributed by atoms with Crippen LogP contribution in [-0.4, -0.2) is 16.1 Å². The van der Waals surface area contributed by atoms with Gasteiger partial charge in [-0.15, -0.1) is 0 Å². The summed E-state index contributed by atoms with van der Waals surface area (Å²) in [7, 11) is 0. The van der Waals surface area contributed by atoms with Crippen LogP contribution in [0.25, 0.3) is 10.8 Å². The minimum Gasteiger partial charge on any atom is -0.505 e. The molecule has 3 aromatic carbocycles. The Hall–Kier alpha value is -2.05. The third-order valence-electron chi connectivity index (χ3n) is 3.62. The van der Waals surface area contributed by atoms with E-state index in [0.29, 0.717) is 16.3 Å². The molecule has 0 aliphatic carbocycles. The first-order chi connectivity index (χ1) is 12.4. The minimum absolute atomic E-state index is 0.0619. The summed E-state index contributed by atoms with van der Waals surface area (Å²) in [5.74, 6) is -0.604. The molecule has 26 heavy (non-hydrogen) atoms. The molecule has 8 heteroatoms. The number of thiocarbonyl (C=S) groups is 1. The van der Waals surface area contributed by atoms with Crippen LogP contribution in [0.2, 0.25) is 15.1 Å². The fourth-order valence-electron chi connectivity index (χ4n) is 2.44. The Morgan fingerprint density at radius 2 is 1.54 bits per heavy atom. The van der Waals surface area contributed by atoms with E-state index in [1.54, 1.807) is 24.3 Å². The third-order valence-corrected chi connectivity index (χ3v) is 4.73. The van der Waals surface area contributed by atoms with Crippen LogP contribution in [-0.2, 0) is 0 Å². The van der Waals surface area contributed by atoms with E-state index in [9.17, 15) is 9.90 Å². The minimum atomic E-state index is -0.383. The number of nitrogens with one attached hydrogen (secondary N) is 2. The number of carbonyl (C=O) groups excluding carboxylic acids is 1. The number of amides is 1. The summed E-state index contributed by atoms with van der Waals surface area (Å²) in [5, 5.41) is 17.2. The van der Waals surface area contributed by atoms with E-state index in [4.69, 9.17) is 47.0 Å². The first kappa shape index (κ1) is 18.7. The third kappa shape index (κ3) is 3.86. The summed E-state index contributed by atoms with van der Waals surface area (Å²) in [5.41, 5.74) is 0.875. The lowest BCUT2D eigenvalue weighted by molar-refractivity contribution is 0.0979. The highest BCUT2D eigenvalue weighted by Gasteiger charge is 2.13. The zero-order valence-electron chi connectivity index (χ0n) is 13.0. The fourth-order valence-corrected chi connectivity index (χ4v) is 3.38. The van der Waals surface area contributed by atoms with Gasteiger partial charge in [-0.25, -0.2) is 0 Å². The van der Waals surface area contributed by atoms with Crippen molar-refractivity contribution in [2.24, 2.45) is 0 Å². The number of aromatic hydroxyl groups is 1. The van der Waals surface area contributed by atoms with E-state index in [0.717, 1.165) is 10.8 Å². The summed E-state index contributed by atoms with van der Waals surface area (Å²) in [6, 6.07) is 13.5. The molecule has 3 rings (SSSR count). The van der Waals surface area contributed by atoms with Crippen molar-refractivity contribution in [3.05, 3.63) is 69.2 Å². The van der Waals surface area contributed by atoms with Gasteiger partial charge in [0.25, 0.3) is 5.91 Å². The molecule has 4 nitrogen and oxygen atoms in total. The molecule has 0 radical (unpaired) electrons. The lowest BCUT2D eigenvalue weighted by Crippen LogP contribution is -2.34. The highest BCUT2D eigenvalue weighted by atomic mass is 35.5. The molecular weight excluding hydrogens is 415 g/mol. The van der Waals surface area contributed by atoms with Crippen molar-refractivity contribution in [1.82, 2.24) is 5.32 Å². The lowest BCUT2D eigenvalue weighted by atomic mass is 10.0. The van der Waals surface area contributed by atoms with Crippen molar-refractivity contribution in [3.63, 3.8) is 0 Å². The van der Waals surface area contributed by atoms with Gasteiger partial charge in [0.2, 0.25) is 0 Å². The summed E-state index contributed by atoms with van der Waals surface area (Å²) in [6.07, 6.45) is 0. The Morgan fingerprint density at radius 1 is 0.923 bits per heavy atom. The Morgan fingerprint density at radius 3 is 2.23 bits per heavy atom. The average Bonchev–Trinajstić information content (AvgIpc) is 2.59. The van der Waals surface area contributed by atoms with Crippen LogP contribution < -0.4 is 10.6 Å². The molecule has 0 atom stereocenters. The van der Waals surface area contributed by atoms with Gasteiger partial charge in [0.1, 0.15) is 0 Å². The molecule has 0 fully saturated rings. The van der Waals surface area contributed by atoms with E-state index < -0.39 is 0 Å². The van der Waals surface area contributed by atoms with E-state index in [1.807, 2.05) is 12.1 Å². The Labute approximate surface area is 169 Å². The van der Waals surface area contributed by atoms with Crippen LogP contribution in [0, 0.1) is 0 Å². The van der Waals surface area contributed by atoms with Gasteiger partial charge in [-0.3, -0.25) is 10.1 Å². The van der Waals surface area contributed by atoms with Crippen molar-refractivity contribution in [2.75, 3.05) is 5.32 Å². The molecule has 0 aromatic heterocycles. The van der Waals surface area contributed by atoms with E-state index in [-0.39, 0.29) is 26.8 Å². The largest absolute Gasteiger partial charge is 0.505 e. The molecular formula is C18H11Cl3N2O2S. The van der Waals surface area contributed by atoms with Crippen molar-refractivity contribution in [2.45, 2.75) is 0 Å². The molecule has 3 aromatic rings. The lowest BCUT2D eigenvalue weighted by Gasteiger charge is -2.12. The smallest absolute Gasteiger partial charge is 0.258 e.